The van der Waals surface area contributed by atoms with Crippen molar-refractivity contribution in [3.63, 3.8) is 0 Å². The first-order valence-electron chi connectivity index (χ1n) is 8.32. The van der Waals surface area contributed by atoms with E-state index < -0.39 is 10.2 Å². The number of aromatic amines is 1. The van der Waals surface area contributed by atoms with Gasteiger partial charge in [0.25, 0.3) is 10.2 Å². The Morgan fingerprint density at radius 2 is 2.00 bits per heavy atom. The van der Waals surface area contributed by atoms with Gasteiger partial charge in [-0.25, -0.2) is 0 Å². The van der Waals surface area contributed by atoms with Gasteiger partial charge in [-0.05, 0) is 26.7 Å². The average molecular weight is 364 g/mol. The lowest BCUT2D eigenvalue weighted by atomic mass is 9.96. The Morgan fingerprint density at radius 1 is 1.24 bits per heavy atom. The summed E-state index contributed by atoms with van der Waals surface area (Å²) >= 11 is 0. The van der Waals surface area contributed by atoms with Crippen LogP contribution in [0, 0.1) is 13.8 Å². The summed E-state index contributed by atoms with van der Waals surface area (Å²) in [6, 6.07) is 0. The molecule has 0 aromatic carbocycles. The number of hydrogen-bond acceptors (Lipinski definition) is 5. The van der Waals surface area contributed by atoms with Gasteiger partial charge in [0.15, 0.2) is 0 Å². The number of aromatic nitrogens is 4. The van der Waals surface area contributed by atoms with Crippen molar-refractivity contribution in [2.45, 2.75) is 32.6 Å². The Balaban J connectivity index is 1.81. The Morgan fingerprint density at radius 3 is 2.56 bits per heavy atom. The first-order chi connectivity index (χ1) is 11.8. The Labute approximate surface area is 148 Å². The highest BCUT2D eigenvalue weighted by Gasteiger charge is 2.31. The van der Waals surface area contributed by atoms with Crippen LogP contribution in [0.3, 0.4) is 0 Å². The van der Waals surface area contributed by atoms with E-state index in [1.807, 2.05) is 13.8 Å². The summed E-state index contributed by atoms with van der Waals surface area (Å²) in [5.74, 6) is 0.0663. The molecular formula is C16H24N6O2S. The first kappa shape index (κ1) is 18.0. The molecule has 1 fully saturated rings. The molecule has 8 nitrogen and oxygen atoms in total. The van der Waals surface area contributed by atoms with Gasteiger partial charge in [0.1, 0.15) is 0 Å². The molecule has 2 aromatic heterocycles. The van der Waals surface area contributed by atoms with Crippen LogP contribution in [0.4, 0.5) is 0 Å². The van der Waals surface area contributed by atoms with Crippen molar-refractivity contribution in [1.29, 1.82) is 0 Å². The van der Waals surface area contributed by atoms with E-state index in [0.717, 1.165) is 41.2 Å². The normalized spacial score (nSPS) is 19.5. The van der Waals surface area contributed by atoms with Crippen LogP contribution >= 0.6 is 0 Å². The molecule has 0 saturated carbocycles. The van der Waals surface area contributed by atoms with E-state index in [9.17, 15) is 8.42 Å². The molecule has 1 N–H and O–H groups in total. The number of hydrogen-bond donors (Lipinski definition) is 1. The van der Waals surface area contributed by atoms with Gasteiger partial charge in [-0.2, -0.15) is 22.1 Å². The zero-order valence-corrected chi connectivity index (χ0v) is 15.8. The van der Waals surface area contributed by atoms with Crippen LogP contribution in [0.15, 0.2) is 12.4 Å². The second kappa shape index (κ2) is 6.81. The third-order valence-corrected chi connectivity index (χ3v) is 6.55. The second-order valence-electron chi connectivity index (χ2n) is 6.62. The summed E-state index contributed by atoms with van der Waals surface area (Å²) in [5, 5.41) is 7.14. The van der Waals surface area contributed by atoms with Gasteiger partial charge in [-0.15, -0.1) is 0 Å². The molecule has 3 heterocycles. The quantitative estimate of drug-likeness (QED) is 0.886. The average Bonchev–Trinajstić information content (AvgIpc) is 2.93. The first-order valence-corrected chi connectivity index (χ1v) is 9.72. The largest absolute Gasteiger partial charge is 0.282 e. The Kier molecular flexibility index (Phi) is 4.90. The van der Waals surface area contributed by atoms with Crippen LogP contribution in [0.2, 0.25) is 0 Å². The van der Waals surface area contributed by atoms with Crippen molar-refractivity contribution < 1.29 is 8.42 Å². The number of nitrogens with one attached hydrogen (secondary N) is 1. The summed E-state index contributed by atoms with van der Waals surface area (Å²) in [7, 11) is -0.272. The van der Waals surface area contributed by atoms with E-state index in [2.05, 4.69) is 20.2 Å². The molecule has 0 unspecified atom stereocenters. The van der Waals surface area contributed by atoms with Crippen LogP contribution in [0.5, 0.6) is 0 Å². The van der Waals surface area contributed by atoms with Crippen molar-refractivity contribution in [3.05, 3.63) is 29.5 Å². The minimum absolute atomic E-state index is 0.0663. The zero-order valence-electron chi connectivity index (χ0n) is 15.0. The summed E-state index contributed by atoms with van der Waals surface area (Å²) in [6.45, 7) is 4.88. The zero-order chi connectivity index (χ0) is 18.2. The third kappa shape index (κ3) is 3.44. The third-order valence-electron chi connectivity index (χ3n) is 4.65. The maximum absolute atomic E-state index is 12.4. The van der Waals surface area contributed by atoms with Crippen molar-refractivity contribution in [3.8, 4) is 11.3 Å². The molecule has 2 aromatic rings. The van der Waals surface area contributed by atoms with Gasteiger partial charge in [0, 0.05) is 50.6 Å². The smallest absolute Gasteiger partial charge is 0.281 e. The minimum Gasteiger partial charge on any atom is -0.282 e. The molecule has 1 atom stereocenters. The molecule has 3 rings (SSSR count). The Hall–Kier alpha value is -1.84. The van der Waals surface area contributed by atoms with Gasteiger partial charge in [-0.3, -0.25) is 15.1 Å². The fraction of sp³-hybridized carbons (Fsp3) is 0.562. The van der Waals surface area contributed by atoms with E-state index >= 15 is 0 Å². The predicted octanol–water partition coefficient (Wildman–Crippen LogP) is 1.47. The van der Waals surface area contributed by atoms with Crippen molar-refractivity contribution in [2.75, 3.05) is 27.2 Å². The number of rotatable bonds is 4. The van der Waals surface area contributed by atoms with E-state index in [-0.39, 0.29) is 5.92 Å². The SMILES string of the molecule is Cc1n[nH]c(C)c1-c1cnc([C@@H]2CCCN(S(=O)(=O)N(C)C)C2)cn1. The predicted molar refractivity (Wildman–Crippen MR) is 95.2 cm³/mol. The maximum atomic E-state index is 12.4. The molecule has 25 heavy (non-hydrogen) atoms. The van der Waals surface area contributed by atoms with E-state index in [4.69, 9.17) is 0 Å². The molecule has 0 spiro atoms. The van der Waals surface area contributed by atoms with Crippen LogP contribution in [-0.4, -0.2) is 64.4 Å². The lowest BCUT2D eigenvalue weighted by Gasteiger charge is -2.33. The standard InChI is InChI=1S/C16H24N6O2S/c1-11-16(12(2)20-19-11)15-9-17-14(8-18-15)13-6-5-7-22(10-13)25(23,24)21(3)4/h8-9,13H,5-7,10H2,1-4H3,(H,19,20)/t13-/m1/s1. The van der Waals surface area contributed by atoms with E-state index in [0.29, 0.717) is 13.1 Å². The topological polar surface area (TPSA) is 95.1 Å². The lowest BCUT2D eigenvalue weighted by molar-refractivity contribution is 0.296. The van der Waals surface area contributed by atoms with Gasteiger partial charge in [0.05, 0.1) is 23.3 Å². The molecule has 136 valence electrons. The molecule has 0 bridgehead atoms. The summed E-state index contributed by atoms with van der Waals surface area (Å²) in [6.07, 6.45) is 5.25. The molecule has 0 amide bonds. The molecule has 0 radical (unpaired) electrons. The van der Waals surface area contributed by atoms with E-state index in [1.54, 1.807) is 26.5 Å². The summed E-state index contributed by atoms with van der Waals surface area (Å²) in [5.41, 5.74) is 4.43. The number of piperidine rings is 1. The number of H-pyrrole nitrogens is 1. The van der Waals surface area contributed by atoms with Crippen LogP contribution in [0.1, 0.15) is 35.8 Å². The second-order valence-corrected chi connectivity index (χ2v) is 8.77. The maximum Gasteiger partial charge on any atom is 0.281 e. The number of nitrogens with zero attached hydrogens (tertiary/aromatic N) is 5. The highest BCUT2D eigenvalue weighted by Crippen LogP contribution is 2.29. The summed E-state index contributed by atoms with van der Waals surface area (Å²) in [4.78, 5) is 9.10. The van der Waals surface area contributed by atoms with Crippen molar-refractivity contribution in [1.82, 2.24) is 28.8 Å². The van der Waals surface area contributed by atoms with Crippen molar-refractivity contribution >= 4 is 10.2 Å². The molecule has 1 saturated heterocycles. The molecular weight excluding hydrogens is 340 g/mol. The lowest BCUT2D eigenvalue weighted by Crippen LogP contribution is -2.45. The minimum atomic E-state index is -3.39. The van der Waals surface area contributed by atoms with Crippen LogP contribution in [0.25, 0.3) is 11.3 Å². The highest BCUT2D eigenvalue weighted by atomic mass is 32.2. The van der Waals surface area contributed by atoms with Gasteiger partial charge >= 0.3 is 0 Å². The van der Waals surface area contributed by atoms with Gasteiger partial charge in [0.2, 0.25) is 0 Å². The van der Waals surface area contributed by atoms with Crippen LogP contribution in [-0.2, 0) is 10.2 Å². The van der Waals surface area contributed by atoms with Gasteiger partial charge in [-0.1, -0.05) is 0 Å². The van der Waals surface area contributed by atoms with Crippen molar-refractivity contribution in [2.24, 2.45) is 0 Å². The Bertz CT molecular complexity index is 825. The fourth-order valence-electron chi connectivity index (χ4n) is 3.23. The summed E-state index contributed by atoms with van der Waals surface area (Å²) < 4.78 is 27.5. The molecule has 9 heteroatoms. The van der Waals surface area contributed by atoms with E-state index in [1.165, 1.54) is 8.61 Å². The fourth-order valence-corrected chi connectivity index (χ4v) is 4.42. The monoisotopic (exact) mass is 364 g/mol. The molecule has 1 aliphatic heterocycles. The molecule has 0 aliphatic carbocycles. The van der Waals surface area contributed by atoms with Crippen LogP contribution < -0.4 is 0 Å². The number of aryl methyl sites for hydroxylation is 2. The molecule has 1 aliphatic rings. The highest BCUT2D eigenvalue weighted by molar-refractivity contribution is 7.86. The van der Waals surface area contributed by atoms with Gasteiger partial charge < -0.3 is 0 Å².